The van der Waals surface area contributed by atoms with E-state index in [1.165, 1.54) is 95.2 Å². The predicted molar refractivity (Wildman–Crippen MR) is 250 cm³/mol. The molecule has 9 aromatic rings. The Morgan fingerprint density at radius 1 is 0.283 bits per heavy atom. The minimum atomic E-state index is -0.632. The van der Waals surface area contributed by atoms with Crippen molar-refractivity contribution in [3.63, 3.8) is 0 Å². The third kappa shape index (κ3) is 4.82. The van der Waals surface area contributed by atoms with Crippen molar-refractivity contribution in [3.8, 4) is 33.4 Å². The molecule has 60 heavy (non-hydrogen) atoms. The summed E-state index contributed by atoms with van der Waals surface area (Å²) in [5.74, 6) is 0. The van der Waals surface area contributed by atoms with Crippen molar-refractivity contribution in [2.24, 2.45) is 0 Å². The van der Waals surface area contributed by atoms with E-state index in [-0.39, 0.29) is 5.41 Å². The van der Waals surface area contributed by atoms with Crippen LogP contribution < -0.4 is 9.80 Å². The first kappa shape index (κ1) is 34.6. The second-order valence-electron chi connectivity index (χ2n) is 16.9. The van der Waals surface area contributed by atoms with Crippen molar-refractivity contribution in [1.29, 1.82) is 0 Å². The molecule has 0 unspecified atom stereocenters. The van der Waals surface area contributed by atoms with Crippen LogP contribution in [0, 0.1) is 0 Å². The summed E-state index contributed by atoms with van der Waals surface area (Å²) in [5.41, 5.74) is 21.6. The van der Waals surface area contributed by atoms with Gasteiger partial charge in [-0.3, -0.25) is 0 Å². The summed E-state index contributed by atoms with van der Waals surface area (Å²) in [4.78, 5) is 5.00. The average molecular weight is 767 g/mol. The van der Waals surface area contributed by atoms with Crippen LogP contribution >= 0.6 is 0 Å². The predicted octanol–water partition coefficient (Wildman–Crippen LogP) is 15.3. The molecule has 284 valence electrons. The first-order chi connectivity index (χ1) is 29.5. The highest BCUT2D eigenvalue weighted by molar-refractivity contribution is 5.98. The molecule has 3 aliphatic rings. The molecular weight excluding hydrogens is 725 g/mol. The van der Waals surface area contributed by atoms with E-state index in [1.807, 2.05) is 0 Å². The molecule has 2 heterocycles. The van der Waals surface area contributed by atoms with Gasteiger partial charge in [0.05, 0.1) is 28.2 Å². The first-order valence-corrected chi connectivity index (χ1v) is 21.0. The lowest BCUT2D eigenvalue weighted by Gasteiger charge is -2.51. The van der Waals surface area contributed by atoms with Crippen LogP contribution in [0.25, 0.3) is 33.4 Å². The van der Waals surface area contributed by atoms with Gasteiger partial charge >= 0.3 is 0 Å². The number of rotatable bonds is 4. The van der Waals surface area contributed by atoms with Crippen molar-refractivity contribution in [3.05, 3.63) is 252 Å². The van der Waals surface area contributed by atoms with E-state index < -0.39 is 5.41 Å². The van der Waals surface area contributed by atoms with Gasteiger partial charge in [0.1, 0.15) is 0 Å². The van der Waals surface area contributed by atoms with E-state index in [0.717, 1.165) is 5.69 Å². The van der Waals surface area contributed by atoms with Crippen LogP contribution in [-0.4, -0.2) is 0 Å². The fourth-order valence-corrected chi connectivity index (χ4v) is 10.8. The number of hydrogen-bond acceptors (Lipinski definition) is 2. The lowest BCUT2D eigenvalue weighted by Crippen LogP contribution is -2.42. The zero-order chi connectivity index (χ0) is 40.0. The van der Waals surface area contributed by atoms with Crippen molar-refractivity contribution < 1.29 is 0 Å². The van der Waals surface area contributed by atoms with Crippen LogP contribution in [0.4, 0.5) is 34.1 Å². The van der Waals surface area contributed by atoms with Crippen LogP contribution in [0.3, 0.4) is 0 Å². The summed E-state index contributed by atoms with van der Waals surface area (Å²) in [6.07, 6.45) is 0. The van der Waals surface area contributed by atoms with Gasteiger partial charge in [-0.2, -0.15) is 0 Å². The van der Waals surface area contributed by atoms with Crippen molar-refractivity contribution in [2.75, 3.05) is 9.80 Å². The molecule has 2 nitrogen and oxygen atoms in total. The number of anilines is 6. The van der Waals surface area contributed by atoms with Crippen LogP contribution in [0.15, 0.2) is 218 Å². The highest BCUT2D eigenvalue weighted by atomic mass is 15.2. The van der Waals surface area contributed by atoms with Gasteiger partial charge in [-0.15, -0.1) is 0 Å². The normalized spacial score (nSPS) is 14.7. The molecule has 0 N–H and O–H groups in total. The molecule has 0 atom stereocenters. The van der Waals surface area contributed by atoms with Crippen LogP contribution in [0.2, 0.25) is 0 Å². The number of benzene rings is 9. The molecule has 2 heteroatoms. The summed E-state index contributed by atoms with van der Waals surface area (Å²) in [5, 5.41) is 0. The van der Waals surface area contributed by atoms with E-state index in [0.29, 0.717) is 0 Å². The second kappa shape index (κ2) is 13.0. The zero-order valence-electron chi connectivity index (χ0n) is 33.7. The summed E-state index contributed by atoms with van der Waals surface area (Å²) in [7, 11) is 0. The van der Waals surface area contributed by atoms with Gasteiger partial charge in [0, 0.05) is 16.8 Å². The molecule has 12 rings (SSSR count). The SMILES string of the molecule is CC1(C)c2ccccc2-c2ccc(N3c4ccccc4C4(c5ccccc53)c3ccccc3N(c3ccc(-c5ccccc5)cc3)c3ccc(-c5ccccc5)cc34)cc21. The highest BCUT2D eigenvalue weighted by Gasteiger charge is 2.52. The van der Waals surface area contributed by atoms with Crippen molar-refractivity contribution >= 4 is 34.1 Å². The average Bonchev–Trinajstić information content (AvgIpc) is 3.54. The van der Waals surface area contributed by atoms with Crippen LogP contribution in [0.1, 0.15) is 47.2 Å². The molecule has 2 aliphatic heterocycles. The summed E-state index contributed by atoms with van der Waals surface area (Å²) in [6.45, 7) is 4.74. The van der Waals surface area contributed by atoms with Crippen molar-refractivity contribution in [2.45, 2.75) is 24.7 Å². The molecule has 0 radical (unpaired) electrons. The van der Waals surface area contributed by atoms with Crippen LogP contribution in [-0.2, 0) is 10.8 Å². The van der Waals surface area contributed by atoms with E-state index >= 15 is 0 Å². The summed E-state index contributed by atoms with van der Waals surface area (Å²) in [6, 6.07) is 81.2. The third-order valence-corrected chi connectivity index (χ3v) is 13.5. The topological polar surface area (TPSA) is 6.48 Å². The van der Waals surface area contributed by atoms with Gasteiger partial charge in [0.25, 0.3) is 0 Å². The third-order valence-electron chi connectivity index (χ3n) is 13.5. The van der Waals surface area contributed by atoms with Gasteiger partial charge in [-0.1, -0.05) is 178 Å². The molecule has 1 spiro atoms. The second-order valence-corrected chi connectivity index (χ2v) is 16.9. The minimum Gasteiger partial charge on any atom is -0.310 e. The fourth-order valence-electron chi connectivity index (χ4n) is 10.8. The number of para-hydroxylation sites is 3. The Kier molecular flexibility index (Phi) is 7.52. The Hall–Kier alpha value is -7.42. The molecule has 9 aromatic carbocycles. The lowest BCUT2D eigenvalue weighted by molar-refractivity contribution is 0.660. The minimum absolute atomic E-state index is 0.115. The maximum Gasteiger partial charge on any atom is 0.0783 e. The Morgan fingerprint density at radius 2 is 0.700 bits per heavy atom. The molecule has 0 aromatic heterocycles. The zero-order valence-corrected chi connectivity index (χ0v) is 33.7. The maximum absolute atomic E-state index is 2.52. The molecule has 0 amide bonds. The van der Waals surface area contributed by atoms with E-state index in [1.54, 1.807) is 0 Å². The maximum atomic E-state index is 2.52. The highest BCUT2D eigenvalue weighted by Crippen LogP contribution is 2.64. The van der Waals surface area contributed by atoms with E-state index in [4.69, 9.17) is 0 Å². The Morgan fingerprint density at radius 3 is 1.30 bits per heavy atom. The number of hydrogen-bond donors (Lipinski definition) is 0. The Bertz CT molecular complexity index is 3080. The smallest absolute Gasteiger partial charge is 0.0783 e. The van der Waals surface area contributed by atoms with Crippen molar-refractivity contribution in [1.82, 2.24) is 0 Å². The van der Waals surface area contributed by atoms with Gasteiger partial charge in [-0.25, -0.2) is 0 Å². The molecular formula is C58H42N2. The monoisotopic (exact) mass is 766 g/mol. The van der Waals surface area contributed by atoms with Gasteiger partial charge in [0.2, 0.25) is 0 Å². The molecule has 0 saturated carbocycles. The number of fused-ring (bicyclic) bond motifs is 11. The fraction of sp³-hybridized carbons (Fsp3) is 0.0690. The first-order valence-electron chi connectivity index (χ1n) is 21.0. The Labute approximate surface area is 352 Å². The summed E-state index contributed by atoms with van der Waals surface area (Å²) < 4.78 is 0. The van der Waals surface area contributed by atoms with Gasteiger partial charge in [-0.05, 0) is 121 Å². The largest absolute Gasteiger partial charge is 0.310 e. The quantitative estimate of drug-likeness (QED) is 0.176. The molecule has 1 aliphatic carbocycles. The lowest BCUT2D eigenvalue weighted by atomic mass is 9.60. The molecule has 0 saturated heterocycles. The summed E-state index contributed by atoms with van der Waals surface area (Å²) >= 11 is 0. The van der Waals surface area contributed by atoms with Gasteiger partial charge < -0.3 is 9.80 Å². The molecule has 0 fully saturated rings. The molecule has 0 bridgehead atoms. The van der Waals surface area contributed by atoms with Gasteiger partial charge in [0.15, 0.2) is 0 Å². The number of nitrogens with zero attached hydrogens (tertiary/aromatic N) is 2. The van der Waals surface area contributed by atoms with Crippen LogP contribution in [0.5, 0.6) is 0 Å². The standard InChI is InChI=1S/C58H42N2/c1-57(2)47-22-10-9-21-45(47)46-35-34-44(38-51(46)57)60-54-27-15-12-24-49(54)58(50-25-13-16-28-55(50)60)48-23-11-14-26-53(48)59(43-32-29-41(30-33-43)39-17-5-3-6-18-39)56-36-31-42(37-52(56)58)40-19-7-4-8-20-40/h3-38H,1-2H3. The van der Waals surface area contributed by atoms with E-state index in [2.05, 4.69) is 242 Å². The van der Waals surface area contributed by atoms with E-state index in [9.17, 15) is 0 Å². The Balaban J connectivity index is 1.12.